The molecule has 0 aromatic carbocycles. The molecule has 0 aliphatic carbocycles. The molecule has 26 heavy (non-hydrogen) atoms. The molecule has 0 spiro atoms. The van der Waals surface area contributed by atoms with Gasteiger partial charge in [0.05, 0.1) is 10.4 Å². The van der Waals surface area contributed by atoms with Gasteiger partial charge < -0.3 is 10.2 Å². The van der Waals surface area contributed by atoms with Crippen molar-refractivity contribution >= 4 is 33.0 Å². The minimum atomic E-state index is -0.0332. The Hall–Kier alpha value is -1.66. The fourth-order valence-electron chi connectivity index (χ4n) is 4.62. The molecule has 2 atom stereocenters. The van der Waals surface area contributed by atoms with Crippen LogP contribution in [0.25, 0.3) is 10.1 Å². The first-order chi connectivity index (χ1) is 12.6. The normalized spacial score (nSPS) is 27.7. The van der Waals surface area contributed by atoms with Crippen LogP contribution < -0.4 is 10.2 Å². The summed E-state index contributed by atoms with van der Waals surface area (Å²) in [5.41, 5.74) is 1.75. The van der Waals surface area contributed by atoms with E-state index in [-0.39, 0.29) is 11.9 Å². The van der Waals surface area contributed by atoms with Crippen molar-refractivity contribution in [2.45, 2.75) is 45.7 Å². The van der Waals surface area contributed by atoms with Gasteiger partial charge in [0.2, 0.25) is 0 Å². The predicted molar refractivity (Wildman–Crippen MR) is 108 cm³/mol. The van der Waals surface area contributed by atoms with E-state index >= 15 is 0 Å². The van der Waals surface area contributed by atoms with Crippen LogP contribution in [0.15, 0.2) is 17.6 Å². The average molecular weight is 373 g/mol. The van der Waals surface area contributed by atoms with Crippen molar-refractivity contribution < 1.29 is 4.79 Å². The van der Waals surface area contributed by atoms with Crippen molar-refractivity contribution in [2.75, 3.05) is 31.1 Å². The van der Waals surface area contributed by atoms with Crippen molar-refractivity contribution in [1.29, 1.82) is 0 Å². The summed E-state index contributed by atoms with van der Waals surface area (Å²) in [5.74, 6) is 0.573. The lowest BCUT2D eigenvalue weighted by Gasteiger charge is -2.49. The fourth-order valence-corrected chi connectivity index (χ4v) is 5.54. The summed E-state index contributed by atoms with van der Waals surface area (Å²) in [4.78, 5) is 22.2. The van der Waals surface area contributed by atoms with Gasteiger partial charge in [-0.15, -0.1) is 11.3 Å². The van der Waals surface area contributed by atoms with Crippen molar-refractivity contribution in [3.05, 3.63) is 23.3 Å². The molecule has 3 aliphatic rings. The van der Waals surface area contributed by atoms with Crippen LogP contribution in [0.3, 0.4) is 0 Å². The number of hydrogen-bond acceptors (Lipinski definition) is 5. The number of anilines is 1. The SMILES string of the molecule is CCN(CC)c1csc2cnc(C(=O)N[C@@H]3C4CCN(CC4)[C@H]3C)cc12. The van der Waals surface area contributed by atoms with Crippen LogP contribution in [0.5, 0.6) is 0 Å². The van der Waals surface area contributed by atoms with Crippen molar-refractivity contribution in [2.24, 2.45) is 5.92 Å². The van der Waals surface area contributed by atoms with Crippen molar-refractivity contribution in [1.82, 2.24) is 15.2 Å². The van der Waals surface area contributed by atoms with Gasteiger partial charge in [-0.05, 0) is 58.7 Å². The summed E-state index contributed by atoms with van der Waals surface area (Å²) >= 11 is 1.70. The third-order valence-corrected chi connectivity index (χ3v) is 7.17. The monoisotopic (exact) mass is 372 g/mol. The van der Waals surface area contributed by atoms with Gasteiger partial charge >= 0.3 is 0 Å². The third-order valence-electron chi connectivity index (χ3n) is 6.25. The number of thiophene rings is 1. The Bertz CT molecular complexity index is 790. The second kappa shape index (κ2) is 7.16. The number of pyridine rings is 1. The number of carbonyl (C=O) groups excluding carboxylic acids is 1. The molecule has 2 bridgehead atoms. The van der Waals surface area contributed by atoms with Crippen LogP contribution in [-0.2, 0) is 0 Å². The zero-order valence-electron chi connectivity index (χ0n) is 15.9. The van der Waals surface area contributed by atoms with Crippen LogP contribution in [0.4, 0.5) is 5.69 Å². The second-order valence-electron chi connectivity index (χ2n) is 7.47. The number of carbonyl (C=O) groups is 1. The number of nitrogens with one attached hydrogen (secondary N) is 1. The summed E-state index contributed by atoms with van der Waals surface area (Å²) in [6.07, 6.45) is 4.23. The fraction of sp³-hybridized carbons (Fsp3) is 0.600. The molecule has 5 nitrogen and oxygen atoms in total. The Kier molecular flexibility index (Phi) is 4.88. The third kappa shape index (κ3) is 2.99. The first-order valence-electron chi connectivity index (χ1n) is 9.79. The number of fused-ring (bicyclic) bond motifs is 4. The number of aromatic nitrogens is 1. The Labute approximate surface area is 159 Å². The number of amides is 1. The van der Waals surface area contributed by atoms with E-state index < -0.39 is 0 Å². The highest BCUT2D eigenvalue weighted by Crippen LogP contribution is 2.34. The van der Waals surface area contributed by atoms with E-state index in [0.717, 1.165) is 23.2 Å². The van der Waals surface area contributed by atoms with E-state index in [2.05, 4.69) is 46.3 Å². The lowest BCUT2D eigenvalue weighted by Crippen LogP contribution is -2.62. The largest absolute Gasteiger partial charge is 0.371 e. The van der Waals surface area contributed by atoms with Gasteiger partial charge in [-0.25, -0.2) is 4.98 Å². The highest BCUT2D eigenvalue weighted by atomic mass is 32.1. The first-order valence-corrected chi connectivity index (χ1v) is 10.7. The maximum absolute atomic E-state index is 12.9. The zero-order chi connectivity index (χ0) is 18.3. The zero-order valence-corrected chi connectivity index (χ0v) is 16.7. The Balaban J connectivity index is 1.58. The maximum Gasteiger partial charge on any atom is 0.270 e. The van der Waals surface area contributed by atoms with Gasteiger partial charge in [0.15, 0.2) is 0 Å². The van der Waals surface area contributed by atoms with Gasteiger partial charge in [-0.1, -0.05) is 0 Å². The van der Waals surface area contributed by atoms with Gasteiger partial charge in [0, 0.05) is 42.1 Å². The predicted octanol–water partition coefficient (Wildman–Crippen LogP) is 3.36. The highest BCUT2D eigenvalue weighted by molar-refractivity contribution is 7.17. The Morgan fingerprint density at radius 3 is 2.73 bits per heavy atom. The minimum Gasteiger partial charge on any atom is -0.371 e. The lowest BCUT2D eigenvalue weighted by molar-refractivity contribution is 0.0216. The summed E-state index contributed by atoms with van der Waals surface area (Å²) in [6.45, 7) is 10.8. The number of rotatable bonds is 5. The average Bonchev–Trinajstić information content (AvgIpc) is 3.09. The summed E-state index contributed by atoms with van der Waals surface area (Å²) in [5, 5.41) is 6.61. The molecule has 0 radical (unpaired) electrons. The number of nitrogens with zero attached hydrogens (tertiary/aromatic N) is 3. The van der Waals surface area contributed by atoms with Gasteiger partial charge in [0.25, 0.3) is 5.91 Å². The first kappa shape index (κ1) is 17.7. The van der Waals surface area contributed by atoms with Gasteiger partial charge in [0.1, 0.15) is 5.69 Å². The molecule has 3 aliphatic heterocycles. The molecule has 5 rings (SSSR count). The number of piperidine rings is 3. The van der Waals surface area contributed by atoms with Crippen LogP contribution in [0, 0.1) is 5.92 Å². The molecular formula is C20H28N4OS. The summed E-state index contributed by atoms with van der Waals surface area (Å²) in [6, 6.07) is 2.63. The second-order valence-corrected chi connectivity index (χ2v) is 8.38. The van der Waals surface area contributed by atoms with E-state index in [1.807, 2.05) is 12.3 Å². The molecule has 0 saturated carbocycles. The highest BCUT2D eigenvalue weighted by Gasteiger charge is 2.40. The molecule has 5 heterocycles. The van der Waals surface area contributed by atoms with E-state index in [0.29, 0.717) is 17.7 Å². The molecule has 1 amide bonds. The van der Waals surface area contributed by atoms with Crippen LogP contribution in [-0.4, -0.2) is 54.1 Å². The molecule has 140 valence electrons. The van der Waals surface area contributed by atoms with Crippen LogP contribution in [0.1, 0.15) is 44.1 Å². The van der Waals surface area contributed by atoms with E-state index in [4.69, 9.17) is 0 Å². The molecule has 2 aromatic heterocycles. The molecule has 1 N–H and O–H groups in total. The molecule has 0 unspecified atom stereocenters. The topological polar surface area (TPSA) is 48.5 Å². The quantitative estimate of drug-likeness (QED) is 0.874. The maximum atomic E-state index is 12.9. The Morgan fingerprint density at radius 1 is 1.35 bits per heavy atom. The van der Waals surface area contributed by atoms with E-state index in [1.165, 1.54) is 31.6 Å². The standard InChI is InChI=1S/C20H28N4OS/c1-4-23(5-2)17-12-26-18-11-21-16(10-15(17)18)20(25)22-19-13(3)24-8-6-14(19)7-9-24/h10-14,19H,4-9H2,1-3H3,(H,22,25)/t13-,19-/m0/s1. The Morgan fingerprint density at radius 2 is 2.08 bits per heavy atom. The van der Waals surface area contributed by atoms with Crippen molar-refractivity contribution in [3.63, 3.8) is 0 Å². The summed E-state index contributed by atoms with van der Waals surface area (Å²) in [7, 11) is 0. The summed E-state index contributed by atoms with van der Waals surface area (Å²) < 4.78 is 1.14. The van der Waals surface area contributed by atoms with Gasteiger partial charge in [-0.2, -0.15) is 0 Å². The smallest absolute Gasteiger partial charge is 0.270 e. The van der Waals surface area contributed by atoms with E-state index in [9.17, 15) is 4.79 Å². The minimum absolute atomic E-state index is 0.0332. The molecular weight excluding hydrogens is 344 g/mol. The molecule has 2 aromatic rings. The number of hydrogen-bond donors (Lipinski definition) is 1. The molecule has 6 heteroatoms. The van der Waals surface area contributed by atoms with Gasteiger partial charge in [-0.3, -0.25) is 9.69 Å². The van der Waals surface area contributed by atoms with Crippen LogP contribution >= 0.6 is 11.3 Å². The van der Waals surface area contributed by atoms with Crippen LogP contribution in [0.2, 0.25) is 0 Å². The van der Waals surface area contributed by atoms with Crippen molar-refractivity contribution in [3.8, 4) is 0 Å². The molecule has 3 fully saturated rings. The van der Waals surface area contributed by atoms with E-state index in [1.54, 1.807) is 11.3 Å². The lowest BCUT2D eigenvalue weighted by atomic mass is 9.79. The molecule has 3 saturated heterocycles.